The summed E-state index contributed by atoms with van der Waals surface area (Å²) in [6.07, 6.45) is 4.79. The molecule has 2 aromatic heterocycles. The van der Waals surface area contributed by atoms with Crippen LogP contribution in [0, 0.1) is 12.8 Å². The van der Waals surface area contributed by atoms with Crippen LogP contribution in [0.1, 0.15) is 35.3 Å². The molecule has 1 saturated carbocycles. The minimum absolute atomic E-state index is 0.0513. The number of carbonyl (C=O) groups is 2. The number of nitrogens with zero attached hydrogens (tertiary/aromatic N) is 3. The highest BCUT2D eigenvalue weighted by atomic mass is 16.6. The smallest absolute Gasteiger partial charge is 0.278 e. The van der Waals surface area contributed by atoms with Gasteiger partial charge in [0.05, 0.1) is 18.7 Å². The van der Waals surface area contributed by atoms with Crippen molar-refractivity contribution in [3.63, 3.8) is 0 Å². The summed E-state index contributed by atoms with van der Waals surface area (Å²) in [5.41, 5.74) is 1.11. The molecule has 2 N–H and O–H groups in total. The topological polar surface area (TPSA) is 128 Å². The average Bonchev–Trinajstić information content (AvgIpc) is 3.16. The highest BCUT2D eigenvalue weighted by Gasteiger charge is 2.34. The molecule has 2 aromatic rings. The van der Waals surface area contributed by atoms with Crippen LogP contribution in [0.2, 0.25) is 0 Å². The standard InChI is InChI=1S/C19H25N5O5/c1-12-19(24-29-23-12)28-10-9-21-17(25)14-3-4-15(16(11-14)27-2)22-18(26)13-5-7-20-8-6-13/h5-8,14-16H,3-4,9-11H2,1-2H3,(H,21,25)(H,22,26)/t14-,15+,16+/m0/s1. The van der Waals surface area contributed by atoms with Crippen molar-refractivity contribution in [2.45, 2.75) is 38.3 Å². The van der Waals surface area contributed by atoms with E-state index in [2.05, 4.69) is 30.6 Å². The third-order valence-corrected chi connectivity index (χ3v) is 4.98. The quantitative estimate of drug-likeness (QED) is 0.622. The van der Waals surface area contributed by atoms with Crippen LogP contribution in [0.3, 0.4) is 0 Å². The molecule has 0 bridgehead atoms. The van der Waals surface area contributed by atoms with Gasteiger partial charge in [-0.15, -0.1) is 0 Å². The van der Waals surface area contributed by atoms with Crippen LogP contribution in [0.4, 0.5) is 0 Å². The van der Waals surface area contributed by atoms with Gasteiger partial charge in [0.2, 0.25) is 5.91 Å². The number of pyridine rings is 1. The van der Waals surface area contributed by atoms with Crippen LogP contribution < -0.4 is 15.4 Å². The molecule has 0 spiro atoms. The first-order valence-electron chi connectivity index (χ1n) is 9.52. The molecule has 10 nitrogen and oxygen atoms in total. The Labute approximate surface area is 168 Å². The molecule has 2 heterocycles. The number of ether oxygens (including phenoxy) is 2. The molecule has 0 aliphatic heterocycles. The molecule has 3 atom stereocenters. The largest absolute Gasteiger partial charge is 0.472 e. The summed E-state index contributed by atoms with van der Waals surface area (Å²) in [5.74, 6) is -0.0738. The van der Waals surface area contributed by atoms with Gasteiger partial charge in [0, 0.05) is 31.0 Å². The van der Waals surface area contributed by atoms with Gasteiger partial charge in [-0.3, -0.25) is 14.6 Å². The fraction of sp³-hybridized carbons (Fsp3) is 0.526. The van der Waals surface area contributed by atoms with Gasteiger partial charge in [0.1, 0.15) is 12.3 Å². The second-order valence-corrected chi connectivity index (χ2v) is 6.89. The molecule has 1 aliphatic carbocycles. The molecule has 0 saturated heterocycles. The van der Waals surface area contributed by atoms with E-state index >= 15 is 0 Å². The second kappa shape index (κ2) is 9.97. The van der Waals surface area contributed by atoms with E-state index in [1.165, 1.54) is 0 Å². The fourth-order valence-electron chi connectivity index (χ4n) is 3.37. The summed E-state index contributed by atoms with van der Waals surface area (Å²) in [5, 5.41) is 13.1. The van der Waals surface area contributed by atoms with E-state index < -0.39 is 0 Å². The SMILES string of the molecule is CO[C@@H]1C[C@@H](C(=O)NCCOc2nonc2C)CC[C@H]1NC(=O)c1ccncc1. The molecule has 10 heteroatoms. The first kappa shape index (κ1) is 20.7. The van der Waals surface area contributed by atoms with Gasteiger partial charge in [-0.25, -0.2) is 4.63 Å². The number of rotatable bonds is 8. The second-order valence-electron chi connectivity index (χ2n) is 6.89. The summed E-state index contributed by atoms with van der Waals surface area (Å²) in [7, 11) is 1.60. The predicted molar refractivity (Wildman–Crippen MR) is 101 cm³/mol. The summed E-state index contributed by atoms with van der Waals surface area (Å²) >= 11 is 0. The van der Waals surface area contributed by atoms with Crippen LogP contribution in [0.5, 0.6) is 5.88 Å². The Kier molecular flexibility index (Phi) is 7.12. The van der Waals surface area contributed by atoms with Gasteiger partial charge in [-0.1, -0.05) is 5.16 Å². The fourth-order valence-corrected chi connectivity index (χ4v) is 3.37. The van der Waals surface area contributed by atoms with E-state index in [1.807, 2.05) is 0 Å². The molecule has 0 aromatic carbocycles. The Morgan fingerprint density at radius 3 is 2.72 bits per heavy atom. The molecular weight excluding hydrogens is 378 g/mol. The number of methoxy groups -OCH3 is 1. The lowest BCUT2D eigenvalue weighted by Crippen LogP contribution is -2.50. The zero-order valence-electron chi connectivity index (χ0n) is 16.5. The molecule has 3 rings (SSSR count). The normalized spacial score (nSPS) is 21.4. The maximum absolute atomic E-state index is 12.5. The van der Waals surface area contributed by atoms with Gasteiger partial charge in [0.25, 0.3) is 11.8 Å². The lowest BCUT2D eigenvalue weighted by Gasteiger charge is -2.35. The van der Waals surface area contributed by atoms with Crippen molar-refractivity contribution in [2.75, 3.05) is 20.3 Å². The van der Waals surface area contributed by atoms with Gasteiger partial charge in [-0.05, 0) is 43.5 Å². The predicted octanol–water partition coefficient (Wildman–Crippen LogP) is 0.882. The number of nitrogens with one attached hydrogen (secondary N) is 2. The Morgan fingerprint density at radius 2 is 2.03 bits per heavy atom. The molecular formula is C19H25N5O5. The molecule has 0 unspecified atom stereocenters. The van der Waals surface area contributed by atoms with Crippen molar-refractivity contribution in [3.05, 3.63) is 35.8 Å². The lowest BCUT2D eigenvalue weighted by molar-refractivity contribution is -0.128. The van der Waals surface area contributed by atoms with E-state index in [4.69, 9.17) is 9.47 Å². The van der Waals surface area contributed by atoms with Crippen molar-refractivity contribution in [2.24, 2.45) is 5.92 Å². The van der Waals surface area contributed by atoms with E-state index in [0.29, 0.717) is 42.9 Å². The van der Waals surface area contributed by atoms with E-state index in [0.717, 1.165) is 0 Å². The minimum Gasteiger partial charge on any atom is -0.472 e. The summed E-state index contributed by atoms with van der Waals surface area (Å²) in [6, 6.07) is 3.18. The zero-order chi connectivity index (χ0) is 20.6. The molecule has 1 fully saturated rings. The highest BCUT2D eigenvalue weighted by Crippen LogP contribution is 2.27. The van der Waals surface area contributed by atoms with Gasteiger partial charge in [0.15, 0.2) is 0 Å². The van der Waals surface area contributed by atoms with E-state index in [-0.39, 0.29) is 36.5 Å². The van der Waals surface area contributed by atoms with E-state index in [9.17, 15) is 9.59 Å². The minimum atomic E-state index is -0.231. The van der Waals surface area contributed by atoms with Crippen LogP contribution in [-0.2, 0) is 9.53 Å². The molecule has 29 heavy (non-hydrogen) atoms. The van der Waals surface area contributed by atoms with Crippen molar-refractivity contribution in [1.29, 1.82) is 0 Å². The monoisotopic (exact) mass is 403 g/mol. The summed E-state index contributed by atoms with van der Waals surface area (Å²) < 4.78 is 15.5. The first-order chi connectivity index (χ1) is 14.1. The summed E-state index contributed by atoms with van der Waals surface area (Å²) in [6.45, 7) is 2.34. The third-order valence-electron chi connectivity index (χ3n) is 4.98. The number of aryl methyl sites for hydroxylation is 1. The van der Waals surface area contributed by atoms with Crippen molar-refractivity contribution < 1.29 is 23.7 Å². The molecule has 1 aliphatic rings. The number of carbonyl (C=O) groups excluding carboxylic acids is 2. The number of amides is 2. The van der Waals surface area contributed by atoms with E-state index in [1.54, 1.807) is 38.6 Å². The van der Waals surface area contributed by atoms with Crippen LogP contribution in [0.25, 0.3) is 0 Å². The number of aromatic nitrogens is 3. The number of hydrogen-bond donors (Lipinski definition) is 2. The van der Waals surface area contributed by atoms with Gasteiger partial charge < -0.3 is 20.1 Å². The van der Waals surface area contributed by atoms with Gasteiger partial charge >= 0.3 is 0 Å². The van der Waals surface area contributed by atoms with Crippen LogP contribution in [0.15, 0.2) is 29.2 Å². The van der Waals surface area contributed by atoms with Crippen LogP contribution >= 0.6 is 0 Å². The Hall–Kier alpha value is -3.01. The maximum Gasteiger partial charge on any atom is 0.278 e. The maximum atomic E-state index is 12.5. The van der Waals surface area contributed by atoms with Gasteiger partial charge in [-0.2, -0.15) is 0 Å². The van der Waals surface area contributed by atoms with Crippen LogP contribution in [-0.4, -0.2) is 59.5 Å². The Balaban J connectivity index is 1.44. The molecule has 2 amide bonds. The molecule has 156 valence electrons. The average molecular weight is 403 g/mol. The van der Waals surface area contributed by atoms with Crippen molar-refractivity contribution in [1.82, 2.24) is 25.9 Å². The van der Waals surface area contributed by atoms with Crippen molar-refractivity contribution in [3.8, 4) is 5.88 Å². The summed E-state index contributed by atoms with van der Waals surface area (Å²) in [4.78, 5) is 28.8. The Bertz CT molecular complexity index is 812. The Morgan fingerprint density at radius 1 is 1.24 bits per heavy atom. The molecule has 0 radical (unpaired) electrons. The zero-order valence-corrected chi connectivity index (χ0v) is 16.5. The highest BCUT2D eigenvalue weighted by molar-refractivity contribution is 5.94. The van der Waals surface area contributed by atoms with Crippen molar-refractivity contribution >= 4 is 11.8 Å². The first-order valence-corrected chi connectivity index (χ1v) is 9.52. The lowest BCUT2D eigenvalue weighted by atomic mass is 9.83. The third kappa shape index (κ3) is 5.50. The number of hydrogen-bond acceptors (Lipinski definition) is 8.